The standard InChI is InChI=1S/C27H27ClF3N3O4S/c1-18-8-7-9-20(14-18)16-33(19(2)26(36)32-3)25(35)17-34(39(37,38)22-10-5-4-6-11-22)21-12-13-24(28)23(15-21)27(29,30)31/h4-15,19H,16-17H2,1-3H3,(H,32,36)/t19-/m0/s1. The zero-order valence-electron chi connectivity index (χ0n) is 21.4. The van der Waals surface area contributed by atoms with Crippen LogP contribution in [0.4, 0.5) is 18.9 Å². The molecule has 0 aromatic heterocycles. The molecule has 0 aliphatic carbocycles. The van der Waals surface area contributed by atoms with Crippen molar-refractivity contribution in [1.29, 1.82) is 0 Å². The molecule has 3 aromatic carbocycles. The number of hydrogen-bond donors (Lipinski definition) is 1. The van der Waals surface area contributed by atoms with Gasteiger partial charge in [0.1, 0.15) is 12.6 Å². The molecule has 1 atom stereocenters. The Morgan fingerprint density at radius 3 is 2.26 bits per heavy atom. The van der Waals surface area contributed by atoms with E-state index >= 15 is 0 Å². The van der Waals surface area contributed by atoms with Gasteiger partial charge in [-0.25, -0.2) is 8.42 Å². The zero-order chi connectivity index (χ0) is 29.0. The number of nitrogens with zero attached hydrogens (tertiary/aromatic N) is 2. The number of hydrogen-bond acceptors (Lipinski definition) is 4. The first-order chi connectivity index (χ1) is 18.3. The summed E-state index contributed by atoms with van der Waals surface area (Å²) in [5.74, 6) is -1.30. The number of benzene rings is 3. The second kappa shape index (κ2) is 12.1. The number of carbonyl (C=O) groups excluding carboxylic acids is 2. The average molecular weight is 582 g/mol. The van der Waals surface area contributed by atoms with Crippen molar-refractivity contribution in [2.75, 3.05) is 17.9 Å². The van der Waals surface area contributed by atoms with E-state index in [1.165, 1.54) is 43.1 Å². The third-order valence-corrected chi connectivity index (χ3v) is 8.12. The fourth-order valence-electron chi connectivity index (χ4n) is 3.93. The van der Waals surface area contributed by atoms with Crippen LogP contribution in [0.5, 0.6) is 0 Å². The van der Waals surface area contributed by atoms with Crippen LogP contribution in [-0.2, 0) is 32.3 Å². The molecule has 12 heteroatoms. The van der Waals surface area contributed by atoms with E-state index in [2.05, 4.69) is 5.32 Å². The van der Waals surface area contributed by atoms with Crippen molar-refractivity contribution in [1.82, 2.24) is 10.2 Å². The van der Waals surface area contributed by atoms with E-state index in [4.69, 9.17) is 11.6 Å². The Labute approximate surface area is 230 Å². The molecule has 7 nitrogen and oxygen atoms in total. The van der Waals surface area contributed by atoms with Crippen molar-refractivity contribution in [2.45, 2.75) is 37.5 Å². The van der Waals surface area contributed by atoms with Crippen molar-refractivity contribution < 1.29 is 31.2 Å². The number of amides is 2. The molecule has 0 aliphatic heterocycles. The maximum Gasteiger partial charge on any atom is 0.417 e. The molecule has 0 aliphatic rings. The van der Waals surface area contributed by atoms with Gasteiger partial charge in [0.15, 0.2) is 0 Å². The smallest absolute Gasteiger partial charge is 0.357 e. The molecule has 0 unspecified atom stereocenters. The van der Waals surface area contributed by atoms with E-state index in [-0.39, 0.29) is 11.4 Å². The second-order valence-corrected chi connectivity index (χ2v) is 11.1. The molecule has 0 bridgehead atoms. The molecule has 3 aromatic rings. The van der Waals surface area contributed by atoms with Gasteiger partial charge in [-0.3, -0.25) is 13.9 Å². The van der Waals surface area contributed by atoms with Gasteiger partial charge in [-0.2, -0.15) is 13.2 Å². The number of rotatable bonds is 9. The lowest BCUT2D eigenvalue weighted by atomic mass is 10.1. The number of likely N-dealkylation sites (N-methyl/N-ethyl adjacent to an activating group) is 1. The third kappa shape index (κ3) is 7.10. The lowest BCUT2D eigenvalue weighted by molar-refractivity contribution is -0.139. The fourth-order valence-corrected chi connectivity index (χ4v) is 5.58. The van der Waals surface area contributed by atoms with Crippen LogP contribution in [0.25, 0.3) is 0 Å². The van der Waals surface area contributed by atoms with Crippen molar-refractivity contribution in [3.8, 4) is 0 Å². The first-order valence-corrected chi connectivity index (χ1v) is 13.6. The van der Waals surface area contributed by atoms with Crippen LogP contribution in [0, 0.1) is 6.92 Å². The Morgan fingerprint density at radius 2 is 1.67 bits per heavy atom. The fraction of sp³-hybridized carbons (Fsp3) is 0.259. The van der Waals surface area contributed by atoms with Gasteiger partial charge < -0.3 is 10.2 Å². The largest absolute Gasteiger partial charge is 0.417 e. The predicted octanol–water partition coefficient (Wildman–Crippen LogP) is 5.03. The van der Waals surface area contributed by atoms with Crippen LogP contribution in [0.2, 0.25) is 5.02 Å². The van der Waals surface area contributed by atoms with Gasteiger partial charge in [-0.05, 0) is 49.7 Å². The number of alkyl halides is 3. The van der Waals surface area contributed by atoms with Gasteiger partial charge in [0, 0.05) is 13.6 Å². The highest BCUT2D eigenvalue weighted by atomic mass is 35.5. The number of carbonyl (C=O) groups is 2. The summed E-state index contributed by atoms with van der Waals surface area (Å²) in [7, 11) is -3.12. The Balaban J connectivity index is 2.11. The summed E-state index contributed by atoms with van der Waals surface area (Å²) in [6, 6.07) is 15.8. The average Bonchev–Trinajstić information content (AvgIpc) is 2.89. The summed E-state index contributed by atoms with van der Waals surface area (Å²) in [4.78, 5) is 27.2. The van der Waals surface area contributed by atoms with Crippen molar-refractivity contribution in [3.05, 3.63) is 94.5 Å². The molecule has 208 valence electrons. The molecule has 2 amide bonds. The van der Waals surface area contributed by atoms with Crippen LogP contribution in [0.15, 0.2) is 77.7 Å². The van der Waals surface area contributed by atoms with Crippen molar-refractivity contribution in [2.24, 2.45) is 0 Å². The Bertz CT molecular complexity index is 1450. The summed E-state index contributed by atoms with van der Waals surface area (Å²) in [5.41, 5.74) is -0.0752. The molecular formula is C27H27ClF3N3O4S. The molecule has 1 N–H and O–H groups in total. The van der Waals surface area contributed by atoms with Crippen molar-refractivity contribution >= 4 is 39.1 Å². The summed E-state index contributed by atoms with van der Waals surface area (Å²) < 4.78 is 68.8. The maximum absolute atomic E-state index is 13.7. The summed E-state index contributed by atoms with van der Waals surface area (Å²) in [6.45, 7) is 2.42. The summed E-state index contributed by atoms with van der Waals surface area (Å²) >= 11 is 5.76. The third-order valence-electron chi connectivity index (χ3n) is 6.00. The normalized spacial score (nSPS) is 12.5. The van der Waals surface area contributed by atoms with Gasteiger partial charge in [0.05, 0.1) is 21.2 Å². The number of halogens is 4. The van der Waals surface area contributed by atoms with E-state index in [0.717, 1.165) is 17.7 Å². The molecule has 3 rings (SSSR count). The van der Waals surface area contributed by atoms with E-state index in [0.29, 0.717) is 15.9 Å². The lowest BCUT2D eigenvalue weighted by Gasteiger charge is -2.32. The van der Waals surface area contributed by atoms with Gasteiger partial charge in [0.2, 0.25) is 11.8 Å². The topological polar surface area (TPSA) is 86.8 Å². The Hall–Kier alpha value is -3.57. The number of nitrogens with one attached hydrogen (secondary N) is 1. The SMILES string of the molecule is CNC(=O)[C@H](C)N(Cc1cccc(C)c1)C(=O)CN(c1ccc(Cl)c(C(F)(F)F)c1)S(=O)(=O)c1ccccc1. The van der Waals surface area contributed by atoms with Crippen LogP contribution in [0.3, 0.4) is 0 Å². The second-order valence-electron chi connectivity index (χ2n) is 8.79. The Morgan fingerprint density at radius 1 is 1.00 bits per heavy atom. The van der Waals surface area contributed by atoms with Crippen LogP contribution < -0.4 is 9.62 Å². The minimum Gasteiger partial charge on any atom is -0.357 e. The van der Waals surface area contributed by atoms with Gasteiger partial charge >= 0.3 is 6.18 Å². The molecule has 0 radical (unpaired) electrons. The highest BCUT2D eigenvalue weighted by molar-refractivity contribution is 7.92. The molecular weight excluding hydrogens is 555 g/mol. The zero-order valence-corrected chi connectivity index (χ0v) is 22.9. The highest BCUT2D eigenvalue weighted by Gasteiger charge is 2.36. The van der Waals surface area contributed by atoms with Gasteiger partial charge in [-0.15, -0.1) is 0 Å². The molecule has 0 saturated carbocycles. The first kappa shape index (κ1) is 30.0. The minimum absolute atomic E-state index is 0.0389. The van der Waals surface area contributed by atoms with Crippen LogP contribution in [-0.4, -0.2) is 44.8 Å². The lowest BCUT2D eigenvalue weighted by Crippen LogP contribution is -2.50. The van der Waals surface area contributed by atoms with Crippen LogP contribution in [0.1, 0.15) is 23.6 Å². The number of aryl methyl sites for hydroxylation is 1. The van der Waals surface area contributed by atoms with E-state index in [1.54, 1.807) is 18.2 Å². The maximum atomic E-state index is 13.7. The summed E-state index contributed by atoms with van der Waals surface area (Å²) in [5, 5.41) is 1.84. The van der Waals surface area contributed by atoms with Crippen LogP contribution >= 0.6 is 11.6 Å². The van der Waals surface area contributed by atoms with E-state index in [1.807, 2.05) is 19.1 Å². The van der Waals surface area contributed by atoms with E-state index < -0.39 is 56.9 Å². The van der Waals surface area contributed by atoms with Gasteiger partial charge in [-0.1, -0.05) is 59.6 Å². The highest BCUT2D eigenvalue weighted by Crippen LogP contribution is 2.38. The minimum atomic E-state index is -4.87. The Kier molecular flexibility index (Phi) is 9.29. The van der Waals surface area contributed by atoms with Crippen molar-refractivity contribution in [3.63, 3.8) is 0 Å². The molecule has 0 heterocycles. The number of anilines is 1. The van der Waals surface area contributed by atoms with E-state index in [9.17, 15) is 31.2 Å². The monoisotopic (exact) mass is 581 g/mol. The number of sulfonamides is 1. The molecule has 0 spiro atoms. The molecule has 39 heavy (non-hydrogen) atoms. The van der Waals surface area contributed by atoms with Gasteiger partial charge in [0.25, 0.3) is 10.0 Å². The first-order valence-electron chi connectivity index (χ1n) is 11.8. The molecule has 0 saturated heterocycles. The quantitative estimate of drug-likeness (QED) is 0.384. The summed E-state index contributed by atoms with van der Waals surface area (Å²) in [6.07, 6.45) is -4.87. The predicted molar refractivity (Wildman–Crippen MR) is 143 cm³/mol. The molecule has 0 fully saturated rings.